The molecule has 0 bridgehead atoms. The highest BCUT2D eigenvalue weighted by Gasteiger charge is 2.46. The molecule has 1 spiro atoms. The molecule has 176 valence electrons. The molecule has 0 unspecified atom stereocenters. The third kappa shape index (κ3) is 4.10. The predicted molar refractivity (Wildman–Crippen MR) is 127 cm³/mol. The summed E-state index contributed by atoms with van der Waals surface area (Å²) in [6.45, 7) is 8.81. The highest BCUT2D eigenvalue weighted by atomic mass is 16.3. The van der Waals surface area contributed by atoms with E-state index in [2.05, 4.69) is 36.2 Å². The van der Waals surface area contributed by atoms with Crippen LogP contribution in [0.2, 0.25) is 0 Å². The number of piperidine rings is 1. The van der Waals surface area contributed by atoms with Gasteiger partial charge in [-0.25, -0.2) is 0 Å². The van der Waals surface area contributed by atoms with Gasteiger partial charge in [-0.3, -0.25) is 9.59 Å². The van der Waals surface area contributed by atoms with Crippen LogP contribution in [0.15, 0.2) is 34.7 Å². The molecule has 2 aliphatic heterocycles. The van der Waals surface area contributed by atoms with E-state index in [-0.39, 0.29) is 17.2 Å². The first-order valence-corrected chi connectivity index (χ1v) is 12.3. The van der Waals surface area contributed by atoms with E-state index in [1.807, 2.05) is 29.7 Å². The highest BCUT2D eigenvalue weighted by molar-refractivity contribution is 5.95. The monoisotopic (exact) mass is 449 g/mol. The number of likely N-dealkylation sites (tertiary alicyclic amines) is 1. The maximum Gasteiger partial charge on any atom is 0.257 e. The maximum atomic E-state index is 13.1. The molecule has 3 aliphatic rings. The first kappa shape index (κ1) is 22.2. The van der Waals surface area contributed by atoms with Crippen molar-refractivity contribution in [2.45, 2.75) is 50.9 Å². The number of hydrogen-bond donors (Lipinski definition) is 0. The van der Waals surface area contributed by atoms with Crippen molar-refractivity contribution in [2.24, 2.45) is 0 Å². The number of amides is 2. The summed E-state index contributed by atoms with van der Waals surface area (Å²) in [4.78, 5) is 32.5. The Kier molecular flexibility index (Phi) is 5.81. The minimum absolute atomic E-state index is 0.0712. The molecule has 0 saturated carbocycles. The average Bonchev–Trinajstić information content (AvgIpc) is 3.31. The van der Waals surface area contributed by atoms with E-state index in [9.17, 15) is 9.59 Å². The lowest BCUT2D eigenvalue weighted by Gasteiger charge is -2.40. The van der Waals surface area contributed by atoms with E-state index in [1.165, 1.54) is 11.1 Å². The number of carbonyl (C=O) groups excluding carboxylic acids is 2. The van der Waals surface area contributed by atoms with Crippen LogP contribution in [0.25, 0.3) is 0 Å². The summed E-state index contributed by atoms with van der Waals surface area (Å²) in [6.07, 6.45) is 3.51. The molecule has 2 fully saturated rings. The number of aryl methyl sites for hydroxylation is 2. The number of hydrogen-bond acceptors (Lipinski definition) is 4. The average molecular weight is 450 g/mol. The molecule has 5 rings (SSSR count). The smallest absolute Gasteiger partial charge is 0.257 e. The van der Waals surface area contributed by atoms with Crippen LogP contribution in [0.1, 0.15) is 64.6 Å². The Morgan fingerprint density at radius 3 is 2.36 bits per heavy atom. The zero-order chi connectivity index (χ0) is 23.2. The Morgan fingerprint density at radius 1 is 1.00 bits per heavy atom. The maximum absolute atomic E-state index is 13.1. The van der Waals surface area contributed by atoms with Crippen LogP contribution in [0.5, 0.6) is 0 Å². The highest BCUT2D eigenvalue weighted by Crippen LogP contribution is 2.52. The number of carbonyl (C=O) groups is 2. The zero-order valence-corrected chi connectivity index (χ0v) is 20.1. The molecule has 1 aromatic heterocycles. The van der Waals surface area contributed by atoms with Crippen LogP contribution >= 0.6 is 0 Å². The van der Waals surface area contributed by atoms with Gasteiger partial charge in [0.1, 0.15) is 11.5 Å². The lowest BCUT2D eigenvalue weighted by molar-refractivity contribution is -0.133. The van der Waals surface area contributed by atoms with Crippen LogP contribution in [0.3, 0.4) is 0 Å². The fourth-order valence-electron chi connectivity index (χ4n) is 6.23. The van der Waals surface area contributed by atoms with Gasteiger partial charge >= 0.3 is 0 Å². The van der Waals surface area contributed by atoms with Crippen molar-refractivity contribution in [3.8, 4) is 0 Å². The molecule has 1 atom stereocenters. The molecule has 2 amide bonds. The van der Waals surface area contributed by atoms with Crippen molar-refractivity contribution in [1.82, 2.24) is 14.7 Å². The van der Waals surface area contributed by atoms with Gasteiger partial charge in [-0.15, -0.1) is 0 Å². The third-order valence-corrected chi connectivity index (χ3v) is 8.17. The minimum atomic E-state index is 0.0712. The van der Waals surface area contributed by atoms with E-state index >= 15 is 0 Å². The first-order valence-electron chi connectivity index (χ1n) is 12.3. The van der Waals surface area contributed by atoms with E-state index in [0.717, 1.165) is 64.3 Å². The van der Waals surface area contributed by atoms with Crippen LogP contribution < -0.4 is 0 Å². The summed E-state index contributed by atoms with van der Waals surface area (Å²) in [6, 6.07) is 10.6. The van der Waals surface area contributed by atoms with Gasteiger partial charge in [-0.1, -0.05) is 24.3 Å². The summed E-state index contributed by atoms with van der Waals surface area (Å²) < 4.78 is 5.59. The Hall–Kier alpha value is -2.60. The van der Waals surface area contributed by atoms with Crippen molar-refractivity contribution in [2.75, 3.05) is 46.3 Å². The summed E-state index contributed by atoms with van der Waals surface area (Å²) in [7, 11) is 2.12. The van der Waals surface area contributed by atoms with E-state index in [4.69, 9.17) is 4.42 Å². The Labute approximate surface area is 196 Å². The topological polar surface area (TPSA) is 57.0 Å². The Balaban J connectivity index is 1.29. The molecule has 0 N–H and O–H groups in total. The molecule has 33 heavy (non-hydrogen) atoms. The van der Waals surface area contributed by atoms with Gasteiger partial charge in [0, 0.05) is 45.7 Å². The van der Waals surface area contributed by atoms with Crippen molar-refractivity contribution in [1.29, 1.82) is 0 Å². The van der Waals surface area contributed by atoms with Gasteiger partial charge in [0.2, 0.25) is 5.91 Å². The standard InChI is InChI=1S/C27H35N3O3/c1-19-16-23(20(2)33-19)26(32)30-10-8-27(9-11-30)18-21(22-6-4-5-7-24(22)27)17-25(31)29-14-12-28(3)13-15-29/h4-7,16,21H,8-15,17-18H2,1-3H3/t21-/m0/s1. The molecular formula is C27H35N3O3. The van der Waals surface area contributed by atoms with Gasteiger partial charge in [-0.05, 0) is 68.7 Å². The second-order valence-electron chi connectivity index (χ2n) is 10.3. The van der Waals surface area contributed by atoms with Gasteiger partial charge in [0.15, 0.2) is 0 Å². The molecule has 1 aromatic carbocycles. The lowest BCUT2D eigenvalue weighted by Crippen LogP contribution is -2.47. The molecule has 6 nitrogen and oxygen atoms in total. The summed E-state index contributed by atoms with van der Waals surface area (Å²) in [5, 5.41) is 0. The minimum Gasteiger partial charge on any atom is -0.466 e. The number of nitrogens with zero attached hydrogens (tertiary/aromatic N) is 3. The SMILES string of the molecule is Cc1cc(C(=O)N2CCC3(CC2)C[C@H](CC(=O)N2CCN(C)CC2)c2ccccc23)c(C)o1. The number of likely N-dealkylation sites (N-methyl/N-ethyl adjacent to an activating group) is 1. The number of fused-ring (bicyclic) bond motifs is 2. The van der Waals surface area contributed by atoms with Crippen LogP contribution in [0, 0.1) is 13.8 Å². The van der Waals surface area contributed by atoms with Crippen molar-refractivity contribution in [3.05, 3.63) is 58.5 Å². The molecule has 0 radical (unpaired) electrons. The second-order valence-corrected chi connectivity index (χ2v) is 10.3. The predicted octanol–water partition coefficient (Wildman–Crippen LogP) is 3.72. The molecule has 2 aromatic rings. The molecule has 6 heteroatoms. The second kappa shape index (κ2) is 8.64. The molecular weight excluding hydrogens is 414 g/mol. The summed E-state index contributed by atoms with van der Waals surface area (Å²) in [5.74, 6) is 2.12. The summed E-state index contributed by atoms with van der Waals surface area (Å²) >= 11 is 0. The summed E-state index contributed by atoms with van der Waals surface area (Å²) in [5.41, 5.74) is 3.51. The van der Waals surface area contributed by atoms with Gasteiger partial charge in [0.25, 0.3) is 5.91 Å². The van der Waals surface area contributed by atoms with Crippen LogP contribution in [-0.4, -0.2) is 72.8 Å². The Bertz CT molecular complexity index is 1040. The quantitative estimate of drug-likeness (QED) is 0.717. The number of piperazine rings is 1. The fourth-order valence-corrected chi connectivity index (χ4v) is 6.23. The number of benzene rings is 1. The van der Waals surface area contributed by atoms with Gasteiger partial charge < -0.3 is 19.1 Å². The van der Waals surface area contributed by atoms with Crippen LogP contribution in [-0.2, 0) is 10.2 Å². The van der Waals surface area contributed by atoms with E-state index < -0.39 is 0 Å². The Morgan fingerprint density at radius 2 is 1.70 bits per heavy atom. The van der Waals surface area contributed by atoms with E-state index in [0.29, 0.717) is 23.7 Å². The van der Waals surface area contributed by atoms with Gasteiger partial charge in [-0.2, -0.15) is 0 Å². The van der Waals surface area contributed by atoms with Crippen LogP contribution in [0.4, 0.5) is 0 Å². The molecule has 3 heterocycles. The van der Waals surface area contributed by atoms with Crippen molar-refractivity contribution in [3.63, 3.8) is 0 Å². The van der Waals surface area contributed by atoms with Crippen molar-refractivity contribution < 1.29 is 14.0 Å². The number of furan rings is 1. The van der Waals surface area contributed by atoms with Crippen molar-refractivity contribution >= 4 is 11.8 Å². The van der Waals surface area contributed by atoms with Gasteiger partial charge in [0.05, 0.1) is 5.56 Å². The number of rotatable bonds is 3. The molecule has 2 saturated heterocycles. The fraction of sp³-hybridized carbons (Fsp3) is 0.556. The third-order valence-electron chi connectivity index (χ3n) is 8.17. The largest absolute Gasteiger partial charge is 0.466 e. The normalized spacial score (nSPS) is 22.6. The first-order chi connectivity index (χ1) is 15.9. The molecule has 1 aliphatic carbocycles. The van der Waals surface area contributed by atoms with E-state index in [1.54, 1.807) is 0 Å². The lowest BCUT2D eigenvalue weighted by atomic mass is 9.73. The zero-order valence-electron chi connectivity index (χ0n) is 20.1.